The fraction of sp³-hybridized carbons (Fsp3) is 0.0526. The highest BCUT2D eigenvalue weighted by Gasteiger charge is 1.99. The zero-order valence-electron chi connectivity index (χ0n) is 11.7. The maximum atomic E-state index is 5.78. The van der Waals surface area contributed by atoms with Gasteiger partial charge < -0.3 is 10.5 Å². The quantitative estimate of drug-likeness (QED) is 0.703. The van der Waals surface area contributed by atoms with Crippen molar-refractivity contribution >= 4 is 5.69 Å². The van der Waals surface area contributed by atoms with Crippen molar-refractivity contribution in [2.24, 2.45) is 0 Å². The molecule has 3 aromatic carbocycles. The average molecular weight is 275 g/mol. The Morgan fingerprint density at radius 3 is 1.76 bits per heavy atom. The number of anilines is 1. The summed E-state index contributed by atoms with van der Waals surface area (Å²) in [7, 11) is 0. The third-order valence-electron chi connectivity index (χ3n) is 3.29. The molecule has 0 aliphatic heterocycles. The first kappa shape index (κ1) is 13.3. The number of hydrogen-bond acceptors (Lipinski definition) is 2. The maximum absolute atomic E-state index is 5.78. The molecule has 0 saturated heterocycles. The van der Waals surface area contributed by atoms with Gasteiger partial charge in [0.2, 0.25) is 0 Å². The van der Waals surface area contributed by atoms with Gasteiger partial charge in [-0.1, -0.05) is 42.5 Å². The Balaban J connectivity index is 1.68. The van der Waals surface area contributed by atoms with Gasteiger partial charge in [-0.25, -0.2) is 0 Å². The molecule has 2 heteroatoms. The molecular weight excluding hydrogens is 258 g/mol. The first-order valence-electron chi connectivity index (χ1n) is 6.96. The van der Waals surface area contributed by atoms with Gasteiger partial charge in [-0.05, 0) is 53.9 Å². The Kier molecular flexibility index (Phi) is 3.88. The number of para-hydroxylation sites is 1. The van der Waals surface area contributed by atoms with Crippen molar-refractivity contribution in [2.45, 2.75) is 6.42 Å². The van der Waals surface area contributed by atoms with Gasteiger partial charge in [-0.15, -0.1) is 0 Å². The smallest absolute Gasteiger partial charge is 0.127 e. The van der Waals surface area contributed by atoms with Crippen molar-refractivity contribution in [3.05, 3.63) is 90.0 Å². The van der Waals surface area contributed by atoms with E-state index in [1.165, 1.54) is 11.1 Å². The second kappa shape index (κ2) is 6.14. The van der Waals surface area contributed by atoms with Crippen LogP contribution in [0.5, 0.6) is 11.5 Å². The lowest BCUT2D eigenvalue weighted by Gasteiger charge is -2.07. The minimum Gasteiger partial charge on any atom is -0.457 e. The summed E-state index contributed by atoms with van der Waals surface area (Å²) in [6.07, 6.45) is 0.895. The summed E-state index contributed by atoms with van der Waals surface area (Å²) in [5.41, 5.74) is 8.99. The molecule has 0 amide bonds. The Labute approximate surface area is 124 Å². The van der Waals surface area contributed by atoms with E-state index >= 15 is 0 Å². The number of nitrogens with two attached hydrogens (primary N) is 1. The first-order chi connectivity index (χ1) is 10.3. The molecule has 0 spiro atoms. The second-order valence-electron chi connectivity index (χ2n) is 4.98. The molecule has 3 rings (SSSR count). The summed E-state index contributed by atoms with van der Waals surface area (Å²) in [5.74, 6) is 1.70. The highest BCUT2D eigenvalue weighted by atomic mass is 16.5. The van der Waals surface area contributed by atoms with Crippen molar-refractivity contribution in [3.8, 4) is 11.5 Å². The summed E-state index contributed by atoms with van der Waals surface area (Å²) >= 11 is 0. The van der Waals surface area contributed by atoms with Crippen molar-refractivity contribution in [1.29, 1.82) is 0 Å². The Morgan fingerprint density at radius 2 is 1.14 bits per heavy atom. The fourth-order valence-corrected chi connectivity index (χ4v) is 2.17. The van der Waals surface area contributed by atoms with Crippen LogP contribution < -0.4 is 10.5 Å². The molecule has 3 aromatic rings. The van der Waals surface area contributed by atoms with E-state index in [1.807, 2.05) is 54.6 Å². The van der Waals surface area contributed by atoms with Crippen LogP contribution >= 0.6 is 0 Å². The molecule has 0 aromatic heterocycles. The molecule has 0 atom stereocenters. The van der Waals surface area contributed by atoms with Crippen LogP contribution in [0.2, 0.25) is 0 Å². The number of hydrogen-bond donors (Lipinski definition) is 1. The van der Waals surface area contributed by atoms with E-state index in [0.717, 1.165) is 23.6 Å². The van der Waals surface area contributed by atoms with Crippen LogP contribution in [0, 0.1) is 0 Å². The van der Waals surface area contributed by atoms with Gasteiger partial charge in [0.25, 0.3) is 0 Å². The molecule has 0 aliphatic rings. The third kappa shape index (κ3) is 3.63. The summed E-state index contributed by atoms with van der Waals surface area (Å²) in [6, 6.07) is 26.0. The molecular formula is C19H17NO. The van der Waals surface area contributed by atoms with Gasteiger partial charge in [0.15, 0.2) is 0 Å². The average Bonchev–Trinajstić information content (AvgIpc) is 2.53. The van der Waals surface area contributed by atoms with Crippen LogP contribution in [0.1, 0.15) is 11.1 Å². The standard InChI is InChI=1S/C19H17NO/c20-17-10-6-15(7-11-17)14-16-8-12-19(13-9-16)21-18-4-2-1-3-5-18/h1-13H,14,20H2. The lowest BCUT2D eigenvalue weighted by atomic mass is 10.0. The summed E-state index contributed by atoms with van der Waals surface area (Å²) in [4.78, 5) is 0. The van der Waals surface area contributed by atoms with Gasteiger partial charge in [0.05, 0.1) is 0 Å². The Hall–Kier alpha value is -2.74. The molecule has 2 nitrogen and oxygen atoms in total. The van der Waals surface area contributed by atoms with Crippen LogP contribution in [-0.4, -0.2) is 0 Å². The first-order valence-corrected chi connectivity index (χ1v) is 6.96. The highest BCUT2D eigenvalue weighted by molar-refractivity contribution is 5.41. The van der Waals surface area contributed by atoms with E-state index in [-0.39, 0.29) is 0 Å². The Bertz CT molecular complexity index is 688. The van der Waals surface area contributed by atoms with Gasteiger partial charge in [0.1, 0.15) is 11.5 Å². The van der Waals surface area contributed by atoms with Crippen molar-refractivity contribution in [2.75, 3.05) is 5.73 Å². The fourth-order valence-electron chi connectivity index (χ4n) is 2.17. The van der Waals surface area contributed by atoms with Crippen LogP contribution in [0.4, 0.5) is 5.69 Å². The number of benzene rings is 3. The molecule has 104 valence electrons. The van der Waals surface area contributed by atoms with Crippen molar-refractivity contribution in [3.63, 3.8) is 0 Å². The summed E-state index contributed by atoms with van der Waals surface area (Å²) in [6.45, 7) is 0. The lowest BCUT2D eigenvalue weighted by Crippen LogP contribution is -1.90. The van der Waals surface area contributed by atoms with E-state index in [0.29, 0.717) is 0 Å². The molecule has 0 radical (unpaired) electrons. The van der Waals surface area contributed by atoms with Gasteiger partial charge in [0, 0.05) is 5.69 Å². The molecule has 0 heterocycles. The van der Waals surface area contributed by atoms with E-state index in [2.05, 4.69) is 24.3 Å². The number of ether oxygens (including phenoxy) is 1. The molecule has 21 heavy (non-hydrogen) atoms. The molecule has 2 N–H and O–H groups in total. The molecule has 0 saturated carbocycles. The Morgan fingerprint density at radius 1 is 0.619 bits per heavy atom. The second-order valence-corrected chi connectivity index (χ2v) is 4.98. The van der Waals surface area contributed by atoms with E-state index in [9.17, 15) is 0 Å². The zero-order valence-corrected chi connectivity index (χ0v) is 11.7. The number of rotatable bonds is 4. The van der Waals surface area contributed by atoms with Crippen LogP contribution in [0.15, 0.2) is 78.9 Å². The minimum atomic E-state index is 0.797. The summed E-state index contributed by atoms with van der Waals surface area (Å²) < 4.78 is 5.78. The van der Waals surface area contributed by atoms with Crippen LogP contribution in [-0.2, 0) is 6.42 Å². The van der Waals surface area contributed by atoms with Crippen molar-refractivity contribution in [1.82, 2.24) is 0 Å². The highest BCUT2D eigenvalue weighted by Crippen LogP contribution is 2.22. The van der Waals surface area contributed by atoms with E-state index < -0.39 is 0 Å². The third-order valence-corrected chi connectivity index (χ3v) is 3.29. The van der Waals surface area contributed by atoms with Crippen molar-refractivity contribution < 1.29 is 4.74 Å². The van der Waals surface area contributed by atoms with Gasteiger partial charge in [-0.3, -0.25) is 0 Å². The SMILES string of the molecule is Nc1ccc(Cc2ccc(Oc3ccccc3)cc2)cc1. The molecule has 0 aliphatic carbocycles. The summed E-state index contributed by atoms with van der Waals surface area (Å²) in [5, 5.41) is 0. The topological polar surface area (TPSA) is 35.2 Å². The van der Waals surface area contributed by atoms with Crippen LogP contribution in [0.3, 0.4) is 0 Å². The molecule has 0 bridgehead atoms. The largest absolute Gasteiger partial charge is 0.457 e. The predicted molar refractivity (Wildman–Crippen MR) is 86.6 cm³/mol. The number of nitrogen functional groups attached to an aromatic ring is 1. The van der Waals surface area contributed by atoms with E-state index in [4.69, 9.17) is 10.5 Å². The van der Waals surface area contributed by atoms with Gasteiger partial charge >= 0.3 is 0 Å². The minimum absolute atomic E-state index is 0.797. The monoisotopic (exact) mass is 275 g/mol. The molecule has 0 fully saturated rings. The van der Waals surface area contributed by atoms with Gasteiger partial charge in [-0.2, -0.15) is 0 Å². The van der Waals surface area contributed by atoms with Crippen LogP contribution in [0.25, 0.3) is 0 Å². The predicted octanol–water partition coefficient (Wildman–Crippen LogP) is 4.65. The normalized spacial score (nSPS) is 10.3. The lowest BCUT2D eigenvalue weighted by molar-refractivity contribution is 0.482. The molecule has 0 unspecified atom stereocenters. The van der Waals surface area contributed by atoms with E-state index in [1.54, 1.807) is 0 Å². The zero-order chi connectivity index (χ0) is 14.5. The maximum Gasteiger partial charge on any atom is 0.127 e.